The van der Waals surface area contributed by atoms with Crippen LogP contribution in [-0.2, 0) is 20.8 Å². The molecule has 1 heterocycles. The van der Waals surface area contributed by atoms with Crippen LogP contribution in [-0.4, -0.2) is 43.8 Å². The highest BCUT2D eigenvalue weighted by Crippen LogP contribution is 2.38. The zero-order valence-corrected chi connectivity index (χ0v) is 21.3. The van der Waals surface area contributed by atoms with Gasteiger partial charge in [-0.1, -0.05) is 29.8 Å². The van der Waals surface area contributed by atoms with Crippen molar-refractivity contribution >= 4 is 52.7 Å². The molecular formula is C27H25N3O6S. The molecule has 4 rings (SSSR count). The molecule has 0 fully saturated rings. The van der Waals surface area contributed by atoms with E-state index in [4.69, 9.17) is 9.47 Å². The van der Waals surface area contributed by atoms with E-state index in [1.165, 1.54) is 44.2 Å². The average Bonchev–Trinajstić information content (AvgIpc) is 2.90. The molecule has 37 heavy (non-hydrogen) atoms. The van der Waals surface area contributed by atoms with Crippen molar-refractivity contribution in [1.82, 2.24) is 0 Å². The van der Waals surface area contributed by atoms with Crippen molar-refractivity contribution in [3.05, 3.63) is 82.9 Å². The molecular weight excluding hydrogens is 494 g/mol. The van der Waals surface area contributed by atoms with Gasteiger partial charge in [0.05, 0.1) is 43.3 Å². The second-order valence-electron chi connectivity index (χ2n) is 8.30. The molecule has 190 valence electrons. The molecule has 0 saturated carbocycles. The highest BCUT2D eigenvalue weighted by Gasteiger charge is 2.25. The Kier molecular flexibility index (Phi) is 7.78. The number of carbonyl (C=O) groups is 4. The molecule has 0 unspecified atom stereocenters. The predicted molar refractivity (Wildman–Crippen MR) is 141 cm³/mol. The molecule has 0 radical (unpaired) electrons. The molecule has 3 amide bonds. The minimum atomic E-state index is -0.667. The molecule has 1 aliphatic rings. The fourth-order valence-electron chi connectivity index (χ4n) is 3.79. The van der Waals surface area contributed by atoms with Crippen LogP contribution in [0.4, 0.5) is 21.9 Å². The molecule has 1 aliphatic heterocycles. The van der Waals surface area contributed by atoms with Crippen LogP contribution in [0.3, 0.4) is 0 Å². The van der Waals surface area contributed by atoms with Crippen LogP contribution >= 0.6 is 11.8 Å². The lowest BCUT2D eigenvalue weighted by molar-refractivity contribution is -0.116. The maximum Gasteiger partial charge on any atom is 0.337 e. The van der Waals surface area contributed by atoms with Gasteiger partial charge in [0.15, 0.2) is 0 Å². The highest BCUT2D eigenvalue weighted by atomic mass is 32.2. The lowest BCUT2D eigenvalue weighted by Crippen LogP contribution is -2.34. The Morgan fingerprint density at radius 1 is 0.865 bits per heavy atom. The lowest BCUT2D eigenvalue weighted by Gasteiger charge is -2.29. The second kappa shape index (κ2) is 11.2. The van der Waals surface area contributed by atoms with Gasteiger partial charge in [0, 0.05) is 16.3 Å². The van der Waals surface area contributed by atoms with Crippen LogP contribution in [0.2, 0.25) is 0 Å². The van der Waals surface area contributed by atoms with Crippen molar-refractivity contribution in [2.24, 2.45) is 0 Å². The first-order chi connectivity index (χ1) is 17.8. The summed E-state index contributed by atoms with van der Waals surface area (Å²) in [6.07, 6.45) is 0. The van der Waals surface area contributed by atoms with Gasteiger partial charge in [0.25, 0.3) is 0 Å². The van der Waals surface area contributed by atoms with Crippen molar-refractivity contribution in [3.63, 3.8) is 0 Å². The monoisotopic (exact) mass is 519 g/mol. The first kappa shape index (κ1) is 25.8. The third-order valence-electron chi connectivity index (χ3n) is 5.65. The largest absolute Gasteiger partial charge is 0.465 e. The zero-order chi connectivity index (χ0) is 26.5. The van der Waals surface area contributed by atoms with Gasteiger partial charge in [-0.3, -0.25) is 4.79 Å². The number of hydrogen-bond donors (Lipinski definition) is 2. The molecule has 3 aromatic carbocycles. The molecule has 0 bridgehead atoms. The highest BCUT2D eigenvalue weighted by molar-refractivity contribution is 8.00. The Labute approximate surface area is 218 Å². The lowest BCUT2D eigenvalue weighted by atomic mass is 10.1. The Bertz CT molecular complexity index is 1340. The fraction of sp³-hybridized carbons (Fsp3) is 0.185. The van der Waals surface area contributed by atoms with Gasteiger partial charge in [-0.25, -0.2) is 14.4 Å². The van der Waals surface area contributed by atoms with Crippen LogP contribution in [0.5, 0.6) is 0 Å². The van der Waals surface area contributed by atoms with E-state index < -0.39 is 18.0 Å². The van der Waals surface area contributed by atoms with Crippen LogP contribution in [0.15, 0.2) is 65.6 Å². The number of hydrogen-bond acceptors (Lipinski definition) is 7. The molecule has 0 saturated heterocycles. The van der Waals surface area contributed by atoms with Gasteiger partial charge in [-0.15, -0.1) is 11.8 Å². The van der Waals surface area contributed by atoms with Gasteiger partial charge in [0.1, 0.15) is 0 Å². The number of ether oxygens (including phenoxy) is 2. The summed E-state index contributed by atoms with van der Waals surface area (Å²) in [6.45, 7) is 2.42. The molecule has 0 aliphatic carbocycles. The summed E-state index contributed by atoms with van der Waals surface area (Å²) < 4.78 is 9.45. The van der Waals surface area contributed by atoms with E-state index in [2.05, 4.69) is 10.6 Å². The molecule has 3 aromatic rings. The number of rotatable bonds is 6. The molecule has 0 spiro atoms. The fourth-order valence-corrected chi connectivity index (χ4v) is 4.71. The molecule has 9 nitrogen and oxygen atoms in total. The van der Waals surface area contributed by atoms with Crippen molar-refractivity contribution < 1.29 is 28.7 Å². The summed E-state index contributed by atoms with van der Waals surface area (Å²) in [7, 11) is 2.43. The topological polar surface area (TPSA) is 114 Å². The summed E-state index contributed by atoms with van der Waals surface area (Å²) in [5.74, 6) is -1.01. The number of urea groups is 1. The van der Waals surface area contributed by atoms with Gasteiger partial charge < -0.3 is 25.0 Å². The Morgan fingerprint density at radius 2 is 1.49 bits per heavy atom. The number of thioether (sulfide) groups is 1. The van der Waals surface area contributed by atoms with Crippen LogP contribution in [0.1, 0.15) is 31.8 Å². The van der Waals surface area contributed by atoms with Crippen LogP contribution in [0.25, 0.3) is 0 Å². The van der Waals surface area contributed by atoms with E-state index in [9.17, 15) is 19.2 Å². The SMILES string of the molecule is COC(=O)c1cc(NC(=O)Nc2ccc3c(c2)N(Cc2ccc(C)cc2)C(=O)CS3)cc(C(=O)OC)c1. The number of anilines is 3. The Hall–Kier alpha value is -4.31. The summed E-state index contributed by atoms with van der Waals surface area (Å²) >= 11 is 1.45. The number of fused-ring (bicyclic) bond motifs is 1. The number of carbonyl (C=O) groups excluding carboxylic acids is 4. The maximum absolute atomic E-state index is 12.8. The smallest absolute Gasteiger partial charge is 0.337 e. The number of amides is 3. The summed E-state index contributed by atoms with van der Waals surface area (Å²) in [6, 6.07) is 16.8. The first-order valence-corrected chi connectivity index (χ1v) is 12.3. The summed E-state index contributed by atoms with van der Waals surface area (Å²) in [4.78, 5) is 52.2. The minimum Gasteiger partial charge on any atom is -0.465 e. The summed E-state index contributed by atoms with van der Waals surface area (Å²) in [5.41, 5.74) is 3.68. The van der Waals surface area contributed by atoms with Gasteiger partial charge in [-0.2, -0.15) is 0 Å². The van der Waals surface area contributed by atoms with Gasteiger partial charge in [0.2, 0.25) is 5.91 Å². The normalized spacial score (nSPS) is 12.4. The predicted octanol–water partition coefficient (Wildman–Crippen LogP) is 4.85. The number of nitrogens with zero attached hydrogens (tertiary/aromatic N) is 1. The van der Waals surface area contributed by atoms with Gasteiger partial charge >= 0.3 is 18.0 Å². The maximum atomic E-state index is 12.8. The number of benzene rings is 3. The van der Waals surface area contributed by atoms with E-state index in [0.29, 0.717) is 23.7 Å². The minimum absolute atomic E-state index is 0.0189. The van der Waals surface area contributed by atoms with E-state index in [-0.39, 0.29) is 22.7 Å². The van der Waals surface area contributed by atoms with Crippen molar-refractivity contribution in [2.75, 3.05) is 35.5 Å². The average molecular weight is 520 g/mol. The molecule has 2 N–H and O–H groups in total. The van der Waals surface area contributed by atoms with E-state index in [0.717, 1.165) is 16.0 Å². The zero-order valence-electron chi connectivity index (χ0n) is 20.5. The second-order valence-corrected chi connectivity index (χ2v) is 9.32. The van der Waals surface area contributed by atoms with Crippen molar-refractivity contribution in [3.8, 4) is 0 Å². The van der Waals surface area contributed by atoms with Crippen molar-refractivity contribution in [2.45, 2.75) is 18.4 Å². The molecule has 0 aromatic heterocycles. The van der Waals surface area contributed by atoms with Crippen molar-refractivity contribution in [1.29, 1.82) is 0 Å². The number of methoxy groups -OCH3 is 2. The number of nitrogens with one attached hydrogen (secondary N) is 2. The Morgan fingerprint density at radius 3 is 2.11 bits per heavy atom. The van der Waals surface area contributed by atoms with E-state index in [1.54, 1.807) is 17.0 Å². The molecule has 10 heteroatoms. The molecule has 0 atom stereocenters. The van der Waals surface area contributed by atoms with E-state index >= 15 is 0 Å². The Balaban J connectivity index is 1.54. The van der Waals surface area contributed by atoms with Crippen LogP contribution in [0, 0.1) is 6.92 Å². The standard InChI is InChI=1S/C27H25N3O6S/c1-16-4-6-17(7-5-16)14-30-22-13-20(8-9-23(22)37-15-24(30)31)28-27(34)29-21-11-18(25(32)35-2)10-19(12-21)26(33)36-3/h4-13H,14-15H2,1-3H3,(H2,28,29,34). The third kappa shape index (κ3) is 6.10. The first-order valence-electron chi connectivity index (χ1n) is 11.3. The number of esters is 2. The summed E-state index contributed by atoms with van der Waals surface area (Å²) in [5, 5.41) is 5.37. The number of aryl methyl sites for hydroxylation is 1. The third-order valence-corrected chi connectivity index (χ3v) is 6.70. The van der Waals surface area contributed by atoms with Gasteiger partial charge in [-0.05, 0) is 48.9 Å². The van der Waals surface area contributed by atoms with Crippen LogP contribution < -0.4 is 15.5 Å². The quantitative estimate of drug-likeness (QED) is 0.448. The van der Waals surface area contributed by atoms with E-state index in [1.807, 2.05) is 37.3 Å².